The summed E-state index contributed by atoms with van der Waals surface area (Å²) in [6.07, 6.45) is 0.132. The SMILES string of the molecule is O=C1COC2CCN(C(=O)N3CC4(CC(Cc5ccc(OC(F)(F)F)nc5)C4)C3)CC2N1. The van der Waals surface area contributed by atoms with Gasteiger partial charge in [0.05, 0.1) is 12.1 Å². The Bertz CT molecular complexity index is 880. The summed E-state index contributed by atoms with van der Waals surface area (Å²) in [7, 11) is 0. The standard InChI is InChI=1S/C21H25F3N4O4/c22-21(23,24)32-18-2-1-13(8-25-18)5-14-6-20(7-14)11-28(12-20)19(30)27-4-3-16-15(9-27)26-17(29)10-31-16/h1-2,8,14-16H,3-7,9-12H2,(H,26,29). The van der Waals surface area contributed by atoms with Crippen molar-refractivity contribution in [2.24, 2.45) is 11.3 Å². The Balaban J connectivity index is 1.06. The molecule has 4 heterocycles. The largest absolute Gasteiger partial charge is 0.574 e. The first kappa shape index (κ1) is 21.3. The lowest BCUT2D eigenvalue weighted by molar-refractivity contribution is -0.276. The molecule has 4 fully saturated rings. The van der Waals surface area contributed by atoms with Crippen LogP contribution in [-0.2, 0) is 16.0 Å². The third kappa shape index (κ3) is 4.35. The normalized spacial score (nSPS) is 27.3. The van der Waals surface area contributed by atoms with E-state index in [0.717, 1.165) is 44.3 Å². The molecule has 3 aliphatic heterocycles. The van der Waals surface area contributed by atoms with Crippen molar-refractivity contribution in [1.82, 2.24) is 20.1 Å². The number of nitrogens with zero attached hydrogens (tertiary/aromatic N) is 3. The van der Waals surface area contributed by atoms with Crippen LogP contribution in [0.25, 0.3) is 0 Å². The van der Waals surface area contributed by atoms with E-state index < -0.39 is 12.2 Å². The molecule has 0 bridgehead atoms. The van der Waals surface area contributed by atoms with E-state index >= 15 is 0 Å². The molecule has 5 rings (SSSR count). The average Bonchev–Trinajstić information content (AvgIpc) is 2.68. The fourth-order valence-electron chi connectivity index (χ4n) is 5.58. The number of rotatable bonds is 3. The first-order chi connectivity index (χ1) is 15.2. The number of carbonyl (C=O) groups excluding carboxylic acids is 2. The van der Waals surface area contributed by atoms with Gasteiger partial charge in [-0.15, -0.1) is 13.2 Å². The Kier molecular flexibility index (Phi) is 5.18. The summed E-state index contributed by atoms with van der Waals surface area (Å²) >= 11 is 0. The van der Waals surface area contributed by atoms with E-state index in [4.69, 9.17) is 4.74 Å². The van der Waals surface area contributed by atoms with Crippen LogP contribution < -0.4 is 10.1 Å². The first-order valence-electron chi connectivity index (χ1n) is 10.8. The summed E-state index contributed by atoms with van der Waals surface area (Å²) in [4.78, 5) is 31.8. The third-order valence-corrected chi connectivity index (χ3v) is 6.90. The quantitative estimate of drug-likeness (QED) is 0.755. The fourth-order valence-corrected chi connectivity index (χ4v) is 5.58. The summed E-state index contributed by atoms with van der Waals surface area (Å²) in [5, 5.41) is 2.92. The van der Waals surface area contributed by atoms with Gasteiger partial charge in [0.1, 0.15) is 6.61 Å². The van der Waals surface area contributed by atoms with Crippen LogP contribution in [0.4, 0.5) is 18.0 Å². The number of fused-ring (bicyclic) bond motifs is 1. The molecule has 1 aromatic heterocycles. The number of nitrogens with one attached hydrogen (secondary N) is 1. The molecule has 4 aliphatic rings. The molecule has 2 atom stereocenters. The van der Waals surface area contributed by atoms with Gasteiger partial charge in [0.2, 0.25) is 11.8 Å². The van der Waals surface area contributed by atoms with Gasteiger partial charge < -0.3 is 24.6 Å². The van der Waals surface area contributed by atoms with Crippen molar-refractivity contribution in [3.05, 3.63) is 23.9 Å². The Morgan fingerprint density at radius 1 is 1.28 bits per heavy atom. The lowest BCUT2D eigenvalue weighted by atomic mass is 9.56. The van der Waals surface area contributed by atoms with Gasteiger partial charge in [0.15, 0.2) is 0 Å². The summed E-state index contributed by atoms with van der Waals surface area (Å²) in [6.45, 7) is 2.65. The van der Waals surface area contributed by atoms with Gasteiger partial charge in [-0.05, 0) is 37.2 Å². The van der Waals surface area contributed by atoms with Crippen molar-refractivity contribution in [3.63, 3.8) is 0 Å². The first-order valence-corrected chi connectivity index (χ1v) is 10.8. The van der Waals surface area contributed by atoms with Gasteiger partial charge in [-0.25, -0.2) is 9.78 Å². The van der Waals surface area contributed by atoms with Crippen LogP contribution in [0.5, 0.6) is 5.88 Å². The number of likely N-dealkylation sites (tertiary alicyclic amines) is 2. The van der Waals surface area contributed by atoms with Gasteiger partial charge in [0, 0.05) is 43.9 Å². The zero-order chi connectivity index (χ0) is 22.5. The molecule has 1 N–H and O–H groups in total. The number of carbonyl (C=O) groups is 2. The number of halogens is 3. The maximum atomic E-state index is 12.9. The van der Waals surface area contributed by atoms with Crippen LogP contribution in [-0.4, -0.2) is 78.0 Å². The number of amides is 3. The van der Waals surface area contributed by atoms with Crippen molar-refractivity contribution in [3.8, 4) is 5.88 Å². The highest BCUT2D eigenvalue weighted by Gasteiger charge is 2.54. The van der Waals surface area contributed by atoms with E-state index in [1.807, 2.05) is 4.90 Å². The molecular formula is C21H25F3N4O4. The summed E-state index contributed by atoms with van der Waals surface area (Å²) in [6, 6.07) is 2.73. The second-order valence-corrected chi connectivity index (χ2v) is 9.43. The maximum Gasteiger partial charge on any atom is 0.574 e. The Morgan fingerprint density at radius 3 is 2.75 bits per heavy atom. The highest BCUT2D eigenvalue weighted by Crippen LogP contribution is 2.53. The maximum absolute atomic E-state index is 12.9. The van der Waals surface area contributed by atoms with E-state index in [-0.39, 0.29) is 36.1 Å². The van der Waals surface area contributed by atoms with Crippen LogP contribution in [0.15, 0.2) is 18.3 Å². The molecule has 1 aromatic rings. The van der Waals surface area contributed by atoms with Crippen molar-refractivity contribution < 1.29 is 32.2 Å². The van der Waals surface area contributed by atoms with Crippen LogP contribution in [0.3, 0.4) is 0 Å². The molecule has 0 aromatic carbocycles. The second-order valence-electron chi connectivity index (χ2n) is 9.43. The molecule has 0 radical (unpaired) electrons. The predicted molar refractivity (Wildman–Crippen MR) is 105 cm³/mol. The van der Waals surface area contributed by atoms with Crippen LogP contribution in [0, 0.1) is 11.3 Å². The predicted octanol–water partition coefficient (Wildman–Crippen LogP) is 1.94. The summed E-state index contributed by atoms with van der Waals surface area (Å²) < 4.78 is 46.0. The molecule has 1 aliphatic carbocycles. The number of hydrogen-bond acceptors (Lipinski definition) is 5. The molecule has 3 amide bonds. The molecule has 11 heteroatoms. The van der Waals surface area contributed by atoms with Crippen molar-refractivity contribution >= 4 is 11.9 Å². The van der Waals surface area contributed by atoms with Gasteiger partial charge >= 0.3 is 12.4 Å². The lowest BCUT2D eigenvalue weighted by Crippen LogP contribution is -2.68. The van der Waals surface area contributed by atoms with Crippen molar-refractivity contribution in [2.75, 3.05) is 32.8 Å². The fraction of sp³-hybridized carbons (Fsp3) is 0.667. The number of hydrogen-bond donors (Lipinski definition) is 1. The molecule has 1 spiro atoms. The minimum absolute atomic E-state index is 0.0156. The van der Waals surface area contributed by atoms with Crippen LogP contribution in [0.1, 0.15) is 24.8 Å². The number of morpholine rings is 1. The minimum Gasteiger partial charge on any atom is -0.388 e. The van der Waals surface area contributed by atoms with Crippen molar-refractivity contribution in [1.29, 1.82) is 0 Å². The third-order valence-electron chi connectivity index (χ3n) is 6.90. The van der Waals surface area contributed by atoms with E-state index in [2.05, 4.69) is 15.0 Å². The number of urea groups is 1. The molecule has 8 nitrogen and oxygen atoms in total. The zero-order valence-corrected chi connectivity index (χ0v) is 17.4. The molecular weight excluding hydrogens is 429 g/mol. The number of alkyl halides is 3. The molecule has 174 valence electrons. The van der Waals surface area contributed by atoms with Crippen molar-refractivity contribution in [2.45, 2.75) is 44.2 Å². The summed E-state index contributed by atoms with van der Waals surface area (Å²) in [5.41, 5.74) is 1.04. The summed E-state index contributed by atoms with van der Waals surface area (Å²) in [5.74, 6) is -0.154. The van der Waals surface area contributed by atoms with E-state index in [1.54, 1.807) is 11.0 Å². The highest BCUT2D eigenvalue weighted by molar-refractivity contribution is 5.79. The number of piperidine rings is 1. The molecule has 2 unspecified atom stereocenters. The monoisotopic (exact) mass is 454 g/mol. The van der Waals surface area contributed by atoms with Gasteiger partial charge in [-0.2, -0.15) is 0 Å². The van der Waals surface area contributed by atoms with E-state index in [9.17, 15) is 22.8 Å². The number of pyridine rings is 1. The van der Waals surface area contributed by atoms with Gasteiger partial charge in [-0.3, -0.25) is 4.79 Å². The number of ether oxygens (including phenoxy) is 2. The molecule has 32 heavy (non-hydrogen) atoms. The van der Waals surface area contributed by atoms with Gasteiger partial charge in [-0.1, -0.05) is 6.07 Å². The number of aromatic nitrogens is 1. The van der Waals surface area contributed by atoms with E-state index in [1.165, 1.54) is 12.3 Å². The second kappa shape index (κ2) is 7.79. The highest BCUT2D eigenvalue weighted by atomic mass is 19.4. The lowest BCUT2D eigenvalue weighted by Gasteiger charge is -2.60. The Hall–Kier alpha value is -2.56. The minimum atomic E-state index is -4.74. The Morgan fingerprint density at radius 2 is 2.06 bits per heavy atom. The smallest absolute Gasteiger partial charge is 0.388 e. The molecule has 3 saturated heterocycles. The van der Waals surface area contributed by atoms with Crippen LogP contribution in [0.2, 0.25) is 0 Å². The molecule has 1 saturated carbocycles. The van der Waals surface area contributed by atoms with E-state index in [0.29, 0.717) is 19.0 Å². The topological polar surface area (TPSA) is 84.0 Å². The average molecular weight is 454 g/mol. The zero-order valence-electron chi connectivity index (χ0n) is 17.4. The Labute approximate surface area is 183 Å². The van der Waals surface area contributed by atoms with Crippen LogP contribution >= 0.6 is 0 Å². The van der Waals surface area contributed by atoms with Gasteiger partial charge in [0.25, 0.3) is 0 Å².